The van der Waals surface area contributed by atoms with Gasteiger partial charge in [0.15, 0.2) is 16.3 Å². The van der Waals surface area contributed by atoms with Gasteiger partial charge in [0.2, 0.25) is 6.79 Å². The van der Waals surface area contributed by atoms with Crippen LogP contribution in [-0.2, 0) is 27.3 Å². The second-order valence-electron chi connectivity index (χ2n) is 6.62. The maximum atomic E-state index is 12.6. The Labute approximate surface area is 171 Å². The van der Waals surface area contributed by atoms with Crippen LogP contribution >= 0.6 is 11.3 Å². The number of nitrogens with zero attached hydrogens (tertiary/aromatic N) is 2. The third-order valence-electron chi connectivity index (χ3n) is 4.44. The monoisotopic (exact) mass is 412 g/mol. The molecule has 0 fully saturated rings. The first kappa shape index (κ1) is 19.2. The summed E-state index contributed by atoms with van der Waals surface area (Å²) in [7, 11) is 0. The van der Waals surface area contributed by atoms with Crippen LogP contribution in [0, 0.1) is 6.92 Å². The fraction of sp³-hybridized carbons (Fsp3) is 0.286. The molecule has 0 saturated carbocycles. The van der Waals surface area contributed by atoms with Crippen molar-refractivity contribution in [1.29, 1.82) is 0 Å². The molecule has 1 amide bonds. The Bertz CT molecular complexity index is 1160. The predicted octanol–water partition coefficient (Wildman–Crippen LogP) is 2.97. The number of esters is 1. The molecule has 0 N–H and O–H groups in total. The van der Waals surface area contributed by atoms with E-state index in [1.807, 2.05) is 31.2 Å². The Morgan fingerprint density at radius 3 is 2.83 bits per heavy atom. The lowest BCUT2D eigenvalue weighted by atomic mass is 10.1. The highest BCUT2D eigenvalue weighted by atomic mass is 32.1. The van der Waals surface area contributed by atoms with E-state index in [9.17, 15) is 9.59 Å². The summed E-state index contributed by atoms with van der Waals surface area (Å²) >= 11 is 1.38. The van der Waals surface area contributed by atoms with Gasteiger partial charge in [0.05, 0.1) is 23.2 Å². The molecule has 3 aromatic rings. The third-order valence-corrected chi connectivity index (χ3v) is 5.48. The number of ether oxygens (including phenoxy) is 3. The number of hydrogen-bond acceptors (Lipinski definition) is 6. The van der Waals surface area contributed by atoms with Crippen LogP contribution in [0.1, 0.15) is 18.1 Å². The molecule has 29 heavy (non-hydrogen) atoms. The summed E-state index contributed by atoms with van der Waals surface area (Å²) < 4.78 is 18.4. The van der Waals surface area contributed by atoms with E-state index in [2.05, 4.69) is 4.99 Å². The largest absolute Gasteiger partial charge is 0.465 e. The zero-order valence-corrected chi connectivity index (χ0v) is 17.0. The number of fused-ring (bicyclic) bond motifs is 2. The first-order valence-electron chi connectivity index (χ1n) is 9.25. The first-order chi connectivity index (χ1) is 14.0. The fourth-order valence-corrected chi connectivity index (χ4v) is 4.27. The smallest absolute Gasteiger partial charge is 0.326 e. The number of aryl methyl sites for hydroxylation is 1. The number of aromatic nitrogens is 1. The molecule has 0 unspecified atom stereocenters. The Morgan fingerprint density at radius 2 is 2.00 bits per heavy atom. The van der Waals surface area contributed by atoms with Crippen molar-refractivity contribution < 1.29 is 23.8 Å². The number of carbonyl (C=O) groups is 2. The SMILES string of the molecule is CCOC(=O)Cn1c(=NC(=O)Cc2ccc3c(c2)OCO3)sc2cc(C)ccc21. The molecule has 1 aliphatic rings. The number of thiazole rings is 1. The summed E-state index contributed by atoms with van der Waals surface area (Å²) in [5, 5.41) is 0. The van der Waals surface area contributed by atoms with Crippen LogP contribution < -0.4 is 14.3 Å². The quantitative estimate of drug-likeness (QED) is 0.602. The Morgan fingerprint density at radius 1 is 1.17 bits per heavy atom. The van der Waals surface area contributed by atoms with Crippen LogP contribution in [0.3, 0.4) is 0 Å². The molecule has 7 nitrogen and oxygen atoms in total. The number of rotatable bonds is 5. The zero-order chi connectivity index (χ0) is 20.4. The average molecular weight is 412 g/mol. The van der Waals surface area contributed by atoms with Crippen molar-refractivity contribution in [3.8, 4) is 11.5 Å². The maximum Gasteiger partial charge on any atom is 0.326 e. The van der Waals surface area contributed by atoms with Crippen LogP contribution in [0.25, 0.3) is 10.2 Å². The summed E-state index contributed by atoms with van der Waals surface area (Å²) in [5.74, 6) is 0.637. The molecule has 0 saturated heterocycles. The van der Waals surface area contributed by atoms with Crippen LogP contribution in [0.15, 0.2) is 41.4 Å². The number of carbonyl (C=O) groups excluding carboxylic acids is 2. The summed E-state index contributed by atoms with van der Waals surface area (Å²) in [5.41, 5.74) is 2.74. The molecule has 0 atom stereocenters. The molecular weight excluding hydrogens is 392 g/mol. The molecule has 4 rings (SSSR count). The van der Waals surface area contributed by atoms with Gasteiger partial charge in [-0.15, -0.1) is 0 Å². The van der Waals surface area contributed by atoms with Gasteiger partial charge in [-0.25, -0.2) is 0 Å². The van der Waals surface area contributed by atoms with Gasteiger partial charge in [0.1, 0.15) is 6.54 Å². The van der Waals surface area contributed by atoms with Crippen molar-refractivity contribution in [2.45, 2.75) is 26.8 Å². The zero-order valence-electron chi connectivity index (χ0n) is 16.1. The van der Waals surface area contributed by atoms with Crippen molar-refractivity contribution in [2.75, 3.05) is 13.4 Å². The van der Waals surface area contributed by atoms with Gasteiger partial charge in [-0.05, 0) is 49.2 Å². The molecular formula is C21H20N2O5S. The Balaban J connectivity index is 1.66. The van der Waals surface area contributed by atoms with Crippen LogP contribution in [0.2, 0.25) is 0 Å². The van der Waals surface area contributed by atoms with E-state index in [0.717, 1.165) is 21.3 Å². The third kappa shape index (κ3) is 4.17. The van der Waals surface area contributed by atoms with E-state index in [0.29, 0.717) is 22.9 Å². The summed E-state index contributed by atoms with van der Waals surface area (Å²) in [6, 6.07) is 11.3. The molecule has 0 spiro atoms. The minimum Gasteiger partial charge on any atom is -0.465 e. The molecule has 2 heterocycles. The number of hydrogen-bond donors (Lipinski definition) is 0. The summed E-state index contributed by atoms with van der Waals surface area (Å²) in [4.78, 5) is 29.5. The van der Waals surface area contributed by atoms with E-state index < -0.39 is 0 Å². The minimum absolute atomic E-state index is 0.00698. The molecule has 1 aliphatic heterocycles. The molecule has 1 aromatic heterocycles. The van der Waals surface area contributed by atoms with Gasteiger partial charge < -0.3 is 18.8 Å². The maximum absolute atomic E-state index is 12.6. The van der Waals surface area contributed by atoms with Crippen molar-refractivity contribution in [2.24, 2.45) is 4.99 Å². The average Bonchev–Trinajstić information content (AvgIpc) is 3.26. The summed E-state index contributed by atoms with van der Waals surface area (Å²) in [6.45, 7) is 4.25. The minimum atomic E-state index is -0.363. The van der Waals surface area contributed by atoms with Gasteiger partial charge in [-0.2, -0.15) is 4.99 Å². The van der Waals surface area contributed by atoms with Gasteiger partial charge >= 0.3 is 5.97 Å². The van der Waals surface area contributed by atoms with Crippen LogP contribution in [0.5, 0.6) is 11.5 Å². The number of amides is 1. The van der Waals surface area contributed by atoms with E-state index in [4.69, 9.17) is 14.2 Å². The van der Waals surface area contributed by atoms with E-state index >= 15 is 0 Å². The summed E-state index contributed by atoms with van der Waals surface area (Å²) in [6.07, 6.45) is 0.128. The standard InChI is InChI=1S/C21H20N2O5S/c1-3-26-20(25)11-23-15-6-4-13(2)8-18(15)29-21(23)22-19(24)10-14-5-7-16-17(9-14)28-12-27-16/h4-9H,3,10-12H2,1-2H3. The number of benzene rings is 2. The fourth-order valence-electron chi connectivity index (χ4n) is 3.13. The van der Waals surface area contributed by atoms with Crippen LogP contribution in [-0.4, -0.2) is 29.8 Å². The van der Waals surface area contributed by atoms with Gasteiger partial charge in [-0.3, -0.25) is 9.59 Å². The first-order valence-corrected chi connectivity index (χ1v) is 10.1. The molecule has 8 heteroatoms. The lowest BCUT2D eigenvalue weighted by Gasteiger charge is -2.05. The molecule has 0 bridgehead atoms. The van der Waals surface area contributed by atoms with E-state index in [1.165, 1.54) is 11.3 Å². The molecule has 0 radical (unpaired) electrons. The van der Waals surface area contributed by atoms with E-state index in [-0.39, 0.29) is 31.6 Å². The second-order valence-corrected chi connectivity index (χ2v) is 7.63. The van der Waals surface area contributed by atoms with Crippen molar-refractivity contribution >= 4 is 33.4 Å². The second kappa shape index (κ2) is 8.08. The van der Waals surface area contributed by atoms with Crippen molar-refractivity contribution in [3.05, 3.63) is 52.3 Å². The van der Waals surface area contributed by atoms with Gasteiger partial charge in [-0.1, -0.05) is 23.5 Å². The van der Waals surface area contributed by atoms with Gasteiger partial charge in [0.25, 0.3) is 5.91 Å². The van der Waals surface area contributed by atoms with Crippen molar-refractivity contribution in [3.63, 3.8) is 0 Å². The Kier molecular flexibility index (Phi) is 5.35. The normalized spacial score (nSPS) is 13.1. The molecule has 0 aliphatic carbocycles. The van der Waals surface area contributed by atoms with E-state index in [1.54, 1.807) is 23.6 Å². The molecule has 150 valence electrons. The highest BCUT2D eigenvalue weighted by Gasteiger charge is 2.15. The Hall–Kier alpha value is -3.13. The van der Waals surface area contributed by atoms with Crippen molar-refractivity contribution in [1.82, 2.24) is 4.57 Å². The highest BCUT2D eigenvalue weighted by Crippen LogP contribution is 2.32. The highest BCUT2D eigenvalue weighted by molar-refractivity contribution is 7.16. The molecule has 2 aromatic carbocycles. The predicted molar refractivity (Wildman–Crippen MR) is 108 cm³/mol. The van der Waals surface area contributed by atoms with Gasteiger partial charge in [0, 0.05) is 0 Å². The topological polar surface area (TPSA) is 79.1 Å². The van der Waals surface area contributed by atoms with Crippen LogP contribution in [0.4, 0.5) is 0 Å². The lowest BCUT2D eigenvalue weighted by Crippen LogP contribution is -2.23. The lowest BCUT2D eigenvalue weighted by molar-refractivity contribution is -0.143.